The monoisotopic (exact) mass is 426 g/mol. The van der Waals surface area contributed by atoms with Gasteiger partial charge in [-0.3, -0.25) is 9.69 Å². The Hall–Kier alpha value is -2.95. The van der Waals surface area contributed by atoms with Crippen molar-refractivity contribution in [3.8, 4) is 0 Å². The van der Waals surface area contributed by atoms with Crippen LogP contribution in [0.5, 0.6) is 0 Å². The summed E-state index contributed by atoms with van der Waals surface area (Å²) in [6, 6.07) is 29.1. The number of aliphatic hydroxyl groups is 1. The third-order valence-electron chi connectivity index (χ3n) is 7.23. The maximum Gasteiger partial charge on any atom is 0.261 e. The van der Waals surface area contributed by atoms with Crippen molar-refractivity contribution in [1.29, 1.82) is 0 Å². The van der Waals surface area contributed by atoms with Gasteiger partial charge in [0.25, 0.3) is 5.91 Å². The van der Waals surface area contributed by atoms with Crippen molar-refractivity contribution < 1.29 is 9.90 Å². The van der Waals surface area contributed by atoms with E-state index < -0.39 is 5.60 Å². The molecule has 0 radical (unpaired) electrons. The van der Waals surface area contributed by atoms with E-state index in [2.05, 4.69) is 47.5 Å². The summed E-state index contributed by atoms with van der Waals surface area (Å²) in [5.41, 5.74) is 0.810. The summed E-state index contributed by atoms with van der Waals surface area (Å²) in [4.78, 5) is 16.0. The largest absolute Gasteiger partial charge is 0.372 e. The van der Waals surface area contributed by atoms with E-state index >= 15 is 0 Å². The van der Waals surface area contributed by atoms with Gasteiger partial charge in [-0.1, -0.05) is 91.0 Å². The standard InChI is InChI=1S/C28H30N2O2/c1-20(26-24-18-30(19-25(24)26)17-21-11-5-2-6-12-21)29-27(31)28(32,22-13-7-3-8-14-22)23-15-9-4-10-16-23/h2-16,20,24-26,32H,17-19H2,1H3,(H,29,31). The molecular weight excluding hydrogens is 396 g/mol. The van der Waals surface area contributed by atoms with Gasteiger partial charge in [0.2, 0.25) is 0 Å². The normalized spacial score (nSPS) is 23.4. The minimum Gasteiger partial charge on any atom is -0.372 e. The molecule has 2 N–H and O–H groups in total. The van der Waals surface area contributed by atoms with Crippen LogP contribution in [0.25, 0.3) is 0 Å². The summed E-state index contributed by atoms with van der Waals surface area (Å²) in [5.74, 6) is 1.36. The molecule has 3 aromatic rings. The van der Waals surface area contributed by atoms with Crippen LogP contribution in [0.4, 0.5) is 0 Å². The molecule has 3 aromatic carbocycles. The number of nitrogens with one attached hydrogen (secondary N) is 1. The van der Waals surface area contributed by atoms with Gasteiger partial charge in [-0.15, -0.1) is 0 Å². The molecule has 1 saturated heterocycles. The molecule has 164 valence electrons. The zero-order valence-electron chi connectivity index (χ0n) is 18.4. The predicted octanol–water partition coefficient (Wildman–Crippen LogP) is 3.81. The average molecular weight is 427 g/mol. The number of piperidine rings is 1. The first kappa shape index (κ1) is 20.9. The summed E-state index contributed by atoms with van der Waals surface area (Å²) in [5, 5.41) is 14.8. The van der Waals surface area contributed by atoms with Gasteiger partial charge in [-0.2, -0.15) is 0 Å². The van der Waals surface area contributed by atoms with Gasteiger partial charge in [0.05, 0.1) is 0 Å². The van der Waals surface area contributed by atoms with Crippen LogP contribution in [0.2, 0.25) is 0 Å². The molecular formula is C28H30N2O2. The minimum atomic E-state index is -1.71. The number of carbonyl (C=O) groups excluding carboxylic acids is 1. The van der Waals surface area contributed by atoms with Crippen LogP contribution in [0.1, 0.15) is 23.6 Å². The van der Waals surface area contributed by atoms with Gasteiger partial charge in [0, 0.05) is 25.7 Å². The Kier molecular flexibility index (Phi) is 5.58. The number of nitrogens with zero attached hydrogens (tertiary/aromatic N) is 1. The van der Waals surface area contributed by atoms with Crippen LogP contribution in [0, 0.1) is 17.8 Å². The average Bonchev–Trinajstić information content (AvgIpc) is 3.35. The van der Waals surface area contributed by atoms with Crippen LogP contribution in [0.3, 0.4) is 0 Å². The lowest BCUT2D eigenvalue weighted by Crippen LogP contribution is -2.49. The lowest BCUT2D eigenvalue weighted by Gasteiger charge is -2.30. The zero-order chi connectivity index (χ0) is 22.1. The predicted molar refractivity (Wildman–Crippen MR) is 126 cm³/mol. The van der Waals surface area contributed by atoms with E-state index in [1.54, 1.807) is 0 Å². The van der Waals surface area contributed by atoms with Crippen molar-refractivity contribution in [2.45, 2.75) is 25.1 Å². The fraction of sp³-hybridized carbons (Fsp3) is 0.321. The van der Waals surface area contributed by atoms with E-state index in [-0.39, 0.29) is 11.9 Å². The highest BCUT2D eigenvalue weighted by Crippen LogP contribution is 2.53. The fourth-order valence-corrected chi connectivity index (χ4v) is 5.57. The molecule has 2 aliphatic rings. The van der Waals surface area contributed by atoms with E-state index in [0.717, 1.165) is 19.6 Å². The topological polar surface area (TPSA) is 52.6 Å². The van der Waals surface area contributed by atoms with Gasteiger partial charge in [-0.25, -0.2) is 0 Å². The van der Waals surface area contributed by atoms with Gasteiger partial charge < -0.3 is 10.4 Å². The Balaban J connectivity index is 1.26. The molecule has 1 aliphatic heterocycles. The second kappa shape index (κ2) is 8.53. The van der Waals surface area contributed by atoms with Crippen molar-refractivity contribution in [3.63, 3.8) is 0 Å². The van der Waals surface area contributed by atoms with Crippen LogP contribution in [-0.4, -0.2) is 35.0 Å². The molecule has 2 fully saturated rings. The second-order valence-corrected chi connectivity index (χ2v) is 9.29. The molecule has 1 heterocycles. The fourth-order valence-electron chi connectivity index (χ4n) is 5.57. The van der Waals surface area contributed by atoms with Crippen LogP contribution in [0.15, 0.2) is 91.0 Å². The number of amides is 1. The van der Waals surface area contributed by atoms with E-state index in [1.165, 1.54) is 5.56 Å². The quantitative estimate of drug-likeness (QED) is 0.604. The highest BCUT2D eigenvalue weighted by molar-refractivity contribution is 5.90. The number of hydrogen-bond donors (Lipinski definition) is 2. The number of carbonyl (C=O) groups is 1. The third-order valence-corrected chi connectivity index (χ3v) is 7.23. The molecule has 32 heavy (non-hydrogen) atoms. The SMILES string of the molecule is CC(NC(=O)C(O)(c1ccccc1)c1ccccc1)C1C2CN(Cc3ccccc3)CC21. The van der Waals surface area contributed by atoms with Crippen molar-refractivity contribution >= 4 is 5.91 Å². The lowest BCUT2D eigenvalue weighted by atomic mass is 9.85. The number of fused-ring (bicyclic) bond motifs is 1. The minimum absolute atomic E-state index is 0.0234. The van der Waals surface area contributed by atoms with E-state index in [9.17, 15) is 9.90 Å². The molecule has 0 aromatic heterocycles. The Morgan fingerprint density at radius 2 is 1.38 bits per heavy atom. The number of rotatable bonds is 7. The summed E-state index contributed by atoms with van der Waals surface area (Å²) in [6.07, 6.45) is 0. The maximum atomic E-state index is 13.5. The van der Waals surface area contributed by atoms with Crippen LogP contribution in [-0.2, 0) is 16.9 Å². The third kappa shape index (κ3) is 3.85. The molecule has 4 heteroatoms. The first-order chi connectivity index (χ1) is 15.6. The van der Waals surface area contributed by atoms with E-state index in [1.807, 2.05) is 60.7 Å². The highest BCUT2D eigenvalue weighted by Gasteiger charge is 2.58. The van der Waals surface area contributed by atoms with Crippen molar-refractivity contribution in [2.75, 3.05) is 13.1 Å². The first-order valence-corrected chi connectivity index (χ1v) is 11.5. The first-order valence-electron chi connectivity index (χ1n) is 11.5. The van der Waals surface area contributed by atoms with Crippen molar-refractivity contribution in [3.05, 3.63) is 108 Å². The zero-order valence-corrected chi connectivity index (χ0v) is 18.4. The molecule has 0 bridgehead atoms. The van der Waals surface area contributed by atoms with E-state index in [4.69, 9.17) is 0 Å². The Morgan fingerprint density at radius 1 is 0.906 bits per heavy atom. The van der Waals surface area contributed by atoms with Gasteiger partial charge in [0.15, 0.2) is 5.60 Å². The molecule has 5 rings (SSSR count). The summed E-state index contributed by atoms with van der Waals surface area (Å²) >= 11 is 0. The number of hydrogen-bond acceptors (Lipinski definition) is 3. The maximum absolute atomic E-state index is 13.5. The summed E-state index contributed by atoms with van der Waals surface area (Å²) in [6.45, 7) is 5.22. The second-order valence-electron chi connectivity index (χ2n) is 9.29. The molecule has 3 atom stereocenters. The van der Waals surface area contributed by atoms with Crippen LogP contribution < -0.4 is 5.32 Å². The molecule has 1 amide bonds. The van der Waals surface area contributed by atoms with Gasteiger partial charge in [0.1, 0.15) is 0 Å². The lowest BCUT2D eigenvalue weighted by molar-refractivity contribution is -0.137. The molecule has 1 saturated carbocycles. The summed E-state index contributed by atoms with van der Waals surface area (Å²) < 4.78 is 0. The summed E-state index contributed by atoms with van der Waals surface area (Å²) in [7, 11) is 0. The Bertz CT molecular complexity index is 1000. The Labute approximate surface area is 189 Å². The van der Waals surface area contributed by atoms with Crippen molar-refractivity contribution in [2.24, 2.45) is 17.8 Å². The van der Waals surface area contributed by atoms with Gasteiger partial charge in [-0.05, 0) is 41.4 Å². The molecule has 3 unspecified atom stereocenters. The Morgan fingerprint density at radius 3 is 1.88 bits per heavy atom. The molecule has 4 nitrogen and oxygen atoms in total. The van der Waals surface area contributed by atoms with Crippen LogP contribution >= 0.6 is 0 Å². The van der Waals surface area contributed by atoms with Gasteiger partial charge >= 0.3 is 0 Å². The van der Waals surface area contributed by atoms with E-state index in [0.29, 0.717) is 28.9 Å². The highest BCUT2D eigenvalue weighted by atomic mass is 16.3. The number of benzene rings is 3. The number of likely N-dealkylation sites (tertiary alicyclic amines) is 1. The smallest absolute Gasteiger partial charge is 0.261 e. The molecule has 0 spiro atoms. The molecule has 1 aliphatic carbocycles. The van der Waals surface area contributed by atoms with Crippen molar-refractivity contribution in [1.82, 2.24) is 10.2 Å².